The summed E-state index contributed by atoms with van der Waals surface area (Å²) < 4.78 is 21.8. The van der Waals surface area contributed by atoms with Crippen LogP contribution in [0.3, 0.4) is 0 Å². The first-order valence-corrected chi connectivity index (χ1v) is 9.89. The Morgan fingerprint density at radius 1 is 1.14 bits per heavy atom. The minimum absolute atomic E-state index is 0.199. The fourth-order valence-corrected chi connectivity index (χ4v) is 4.35. The molecule has 4 aromatic rings. The van der Waals surface area contributed by atoms with Crippen molar-refractivity contribution in [3.63, 3.8) is 0 Å². The summed E-state index contributed by atoms with van der Waals surface area (Å²) in [5, 5.41) is 12.9. The van der Waals surface area contributed by atoms with Crippen molar-refractivity contribution >= 4 is 11.0 Å². The second kappa shape index (κ2) is 6.45. The van der Waals surface area contributed by atoms with Crippen molar-refractivity contribution in [2.24, 2.45) is 5.92 Å². The topological polar surface area (TPSA) is 81.5 Å². The van der Waals surface area contributed by atoms with Crippen LogP contribution < -0.4 is 0 Å². The van der Waals surface area contributed by atoms with Crippen molar-refractivity contribution in [1.29, 1.82) is 0 Å². The number of pyridine rings is 2. The van der Waals surface area contributed by atoms with Gasteiger partial charge in [0.1, 0.15) is 11.5 Å². The molecule has 146 valence electrons. The van der Waals surface area contributed by atoms with E-state index in [0.717, 1.165) is 34.4 Å². The molecule has 1 atom stereocenters. The Hall–Kier alpha value is -3.13. The number of aromatic nitrogens is 6. The molecule has 1 saturated carbocycles. The molecule has 0 amide bonds. The van der Waals surface area contributed by atoms with Gasteiger partial charge in [-0.1, -0.05) is 6.42 Å². The van der Waals surface area contributed by atoms with Crippen LogP contribution in [-0.2, 0) is 17.9 Å². The highest BCUT2D eigenvalue weighted by molar-refractivity contribution is 5.97. The average Bonchev–Trinajstić information content (AvgIpc) is 3.31. The lowest BCUT2D eigenvalue weighted by Crippen LogP contribution is -2.37. The zero-order valence-electron chi connectivity index (χ0n) is 15.7. The molecular weight excluding hydrogens is 371 g/mol. The second-order valence-electron chi connectivity index (χ2n) is 7.75. The summed E-state index contributed by atoms with van der Waals surface area (Å²) in [6, 6.07) is 5.05. The van der Waals surface area contributed by atoms with E-state index in [1.807, 2.05) is 6.07 Å². The van der Waals surface area contributed by atoms with Gasteiger partial charge in [-0.25, -0.2) is 9.37 Å². The van der Waals surface area contributed by atoms with E-state index < -0.39 is 0 Å². The van der Waals surface area contributed by atoms with Gasteiger partial charge >= 0.3 is 0 Å². The maximum absolute atomic E-state index is 13.5. The predicted molar refractivity (Wildman–Crippen MR) is 104 cm³/mol. The van der Waals surface area contributed by atoms with Crippen LogP contribution in [-0.4, -0.2) is 36.0 Å². The number of nitrogens with zero attached hydrogens (tertiary/aromatic N) is 5. The van der Waals surface area contributed by atoms with E-state index in [1.165, 1.54) is 31.5 Å². The molecule has 7 nitrogen and oxygen atoms in total. The van der Waals surface area contributed by atoms with Crippen molar-refractivity contribution in [1.82, 2.24) is 29.9 Å². The molecule has 8 heteroatoms. The van der Waals surface area contributed by atoms with Gasteiger partial charge in [-0.05, 0) is 37.0 Å². The number of rotatable bonds is 3. The largest absolute Gasteiger partial charge is 0.370 e. The van der Waals surface area contributed by atoms with Gasteiger partial charge in [0.2, 0.25) is 0 Å². The van der Waals surface area contributed by atoms with E-state index in [-0.39, 0.29) is 11.9 Å². The van der Waals surface area contributed by atoms with Crippen LogP contribution in [0.2, 0.25) is 0 Å². The summed E-state index contributed by atoms with van der Waals surface area (Å²) in [6.07, 6.45) is 8.67. The van der Waals surface area contributed by atoms with Crippen LogP contribution in [0.15, 0.2) is 36.8 Å². The number of nitrogens with one attached hydrogen (secondary N) is 1. The standard InChI is InChI=1S/C21H19FN6O/c22-13-4-5-16(24-8-13)20-19(14-6-7-23-21-15(14)9-25-26-21)17-11-29-18(10-28(17)27-20)12-2-1-3-12/h4-9,12,18H,1-3,10-11H2,(H,23,25,26). The lowest BCUT2D eigenvalue weighted by Gasteiger charge is -2.36. The molecule has 0 saturated heterocycles. The van der Waals surface area contributed by atoms with Crippen LogP contribution in [0.4, 0.5) is 4.39 Å². The van der Waals surface area contributed by atoms with Crippen LogP contribution in [0.25, 0.3) is 33.5 Å². The average molecular weight is 390 g/mol. The molecule has 4 aromatic heterocycles. The SMILES string of the molecule is Fc1ccc(-c2nn3c(c2-c2ccnc4[nH]ncc24)COC(C2CCC2)C3)nc1. The zero-order valence-corrected chi connectivity index (χ0v) is 15.7. The highest BCUT2D eigenvalue weighted by Gasteiger charge is 2.34. The third-order valence-corrected chi connectivity index (χ3v) is 6.11. The van der Waals surface area contributed by atoms with E-state index in [9.17, 15) is 4.39 Å². The molecule has 0 spiro atoms. The number of hydrogen-bond acceptors (Lipinski definition) is 5. The predicted octanol–water partition coefficient (Wildman–Crippen LogP) is 3.72. The van der Waals surface area contributed by atoms with Crippen molar-refractivity contribution in [3.05, 3.63) is 48.3 Å². The van der Waals surface area contributed by atoms with Crippen LogP contribution in [0.1, 0.15) is 25.0 Å². The van der Waals surface area contributed by atoms with Gasteiger partial charge in [-0.3, -0.25) is 14.8 Å². The first-order chi connectivity index (χ1) is 14.3. The van der Waals surface area contributed by atoms with Crippen molar-refractivity contribution in [3.8, 4) is 22.5 Å². The maximum Gasteiger partial charge on any atom is 0.155 e. The van der Waals surface area contributed by atoms with Gasteiger partial charge in [-0.15, -0.1) is 0 Å². The molecule has 5 heterocycles. The maximum atomic E-state index is 13.5. The Balaban J connectivity index is 1.54. The second-order valence-corrected chi connectivity index (χ2v) is 7.75. The summed E-state index contributed by atoms with van der Waals surface area (Å²) in [6.45, 7) is 1.22. The quantitative estimate of drug-likeness (QED) is 0.577. The highest BCUT2D eigenvalue weighted by Crippen LogP contribution is 2.41. The summed E-state index contributed by atoms with van der Waals surface area (Å²) in [7, 11) is 0. The van der Waals surface area contributed by atoms with Gasteiger partial charge in [0.05, 0.1) is 43.0 Å². The minimum Gasteiger partial charge on any atom is -0.370 e. The molecule has 6 rings (SSSR count). The minimum atomic E-state index is -0.367. The summed E-state index contributed by atoms with van der Waals surface area (Å²) in [4.78, 5) is 8.65. The summed E-state index contributed by atoms with van der Waals surface area (Å²) in [5.74, 6) is 0.249. The van der Waals surface area contributed by atoms with Gasteiger partial charge in [0.15, 0.2) is 5.65 Å². The molecule has 1 N–H and O–H groups in total. The Bertz CT molecular complexity index is 1190. The molecule has 0 aromatic carbocycles. The van der Waals surface area contributed by atoms with E-state index in [4.69, 9.17) is 9.84 Å². The molecule has 29 heavy (non-hydrogen) atoms. The van der Waals surface area contributed by atoms with Crippen molar-refractivity contribution in [2.75, 3.05) is 0 Å². The van der Waals surface area contributed by atoms with E-state index in [2.05, 4.69) is 24.8 Å². The fourth-order valence-electron chi connectivity index (χ4n) is 4.35. The number of hydrogen-bond donors (Lipinski definition) is 1. The van der Waals surface area contributed by atoms with Gasteiger partial charge < -0.3 is 4.74 Å². The normalized spacial score (nSPS) is 19.3. The Labute approximate surface area is 165 Å². The van der Waals surface area contributed by atoms with E-state index in [0.29, 0.717) is 23.9 Å². The van der Waals surface area contributed by atoms with Gasteiger partial charge in [-0.2, -0.15) is 10.2 Å². The lowest BCUT2D eigenvalue weighted by atomic mass is 9.80. The molecule has 1 unspecified atom stereocenters. The number of halogens is 1. The molecule has 1 fully saturated rings. The first-order valence-electron chi connectivity index (χ1n) is 9.89. The van der Waals surface area contributed by atoms with Crippen LogP contribution in [0, 0.1) is 11.7 Å². The number of fused-ring (bicyclic) bond motifs is 2. The van der Waals surface area contributed by atoms with Crippen molar-refractivity contribution in [2.45, 2.75) is 38.5 Å². The first kappa shape index (κ1) is 16.8. The Kier molecular flexibility index (Phi) is 3.73. The smallest absolute Gasteiger partial charge is 0.155 e. The summed E-state index contributed by atoms with van der Waals surface area (Å²) >= 11 is 0. The monoisotopic (exact) mass is 390 g/mol. The molecular formula is C21H19FN6O. The van der Waals surface area contributed by atoms with E-state index in [1.54, 1.807) is 18.5 Å². The van der Waals surface area contributed by atoms with Crippen LogP contribution in [0.5, 0.6) is 0 Å². The fraction of sp³-hybridized carbons (Fsp3) is 0.333. The number of aromatic amines is 1. The Morgan fingerprint density at radius 2 is 2.07 bits per heavy atom. The highest BCUT2D eigenvalue weighted by atomic mass is 19.1. The van der Waals surface area contributed by atoms with Gasteiger partial charge in [0, 0.05) is 22.7 Å². The lowest BCUT2D eigenvalue weighted by molar-refractivity contribution is -0.0553. The number of ether oxygens (including phenoxy) is 1. The summed E-state index contributed by atoms with van der Waals surface area (Å²) in [5.41, 5.74) is 5.00. The zero-order chi connectivity index (χ0) is 19.4. The molecule has 1 aliphatic carbocycles. The molecule has 2 aliphatic rings. The Morgan fingerprint density at radius 3 is 2.86 bits per heavy atom. The molecule has 0 bridgehead atoms. The third-order valence-electron chi connectivity index (χ3n) is 6.11. The van der Waals surface area contributed by atoms with Crippen molar-refractivity contribution < 1.29 is 9.13 Å². The number of H-pyrrole nitrogens is 1. The third kappa shape index (κ3) is 2.66. The molecule has 1 aliphatic heterocycles. The molecule has 0 radical (unpaired) electrons. The van der Waals surface area contributed by atoms with Crippen LogP contribution >= 0.6 is 0 Å². The van der Waals surface area contributed by atoms with E-state index >= 15 is 0 Å². The van der Waals surface area contributed by atoms with Gasteiger partial charge in [0.25, 0.3) is 0 Å².